The van der Waals surface area contributed by atoms with Gasteiger partial charge in [-0.2, -0.15) is 5.53 Å². The highest BCUT2D eigenvalue weighted by molar-refractivity contribution is 6.11. The van der Waals surface area contributed by atoms with Gasteiger partial charge in [0.25, 0.3) is 0 Å². The molecule has 0 bridgehead atoms. The van der Waals surface area contributed by atoms with Crippen LogP contribution >= 0.6 is 0 Å². The molecular weight excluding hydrogens is 438 g/mol. The molecular formula is C24H26F2N8. The van der Waals surface area contributed by atoms with Crippen LogP contribution in [0.3, 0.4) is 0 Å². The summed E-state index contributed by atoms with van der Waals surface area (Å²) in [7, 11) is 2.00. The molecule has 4 rings (SSSR count). The van der Waals surface area contributed by atoms with Crippen LogP contribution < -0.4 is 16.4 Å². The Hall–Kier alpha value is -3.76. The lowest BCUT2D eigenvalue weighted by Gasteiger charge is -2.16. The first kappa shape index (κ1) is 23.4. The second kappa shape index (κ2) is 10.4. The van der Waals surface area contributed by atoms with E-state index < -0.39 is 11.6 Å². The van der Waals surface area contributed by atoms with E-state index in [-0.39, 0.29) is 17.3 Å². The number of hydrogen-bond donors (Lipinski definition) is 4. The van der Waals surface area contributed by atoms with Crippen molar-refractivity contribution in [3.8, 4) is 11.1 Å². The lowest BCUT2D eigenvalue weighted by Crippen LogP contribution is -2.29. The number of amidine groups is 1. The number of nitrogens with two attached hydrogens (primary N) is 1. The molecule has 176 valence electrons. The largest absolute Gasteiger partial charge is 0.383 e. The van der Waals surface area contributed by atoms with Gasteiger partial charge in [-0.1, -0.05) is 35.6 Å². The number of halogens is 2. The number of likely N-dealkylation sites (tertiary alicyclic amines) is 1. The number of nitrogens with zero attached hydrogens (tertiary/aromatic N) is 4. The number of likely N-dealkylation sites (N-methyl/N-ethyl adjacent to an activating group) is 1. The lowest BCUT2D eigenvalue weighted by molar-refractivity contribution is 0.322. The van der Waals surface area contributed by atoms with E-state index in [0.717, 1.165) is 43.2 Å². The summed E-state index contributed by atoms with van der Waals surface area (Å²) in [6, 6.07) is 14.1. The summed E-state index contributed by atoms with van der Waals surface area (Å²) in [5.41, 5.74) is 16.2. The second-order valence-electron chi connectivity index (χ2n) is 8.14. The molecule has 0 saturated carbocycles. The van der Waals surface area contributed by atoms with Gasteiger partial charge in [0.1, 0.15) is 5.82 Å². The highest BCUT2D eigenvalue weighted by Crippen LogP contribution is 2.25. The number of hydrogen-bond acceptors (Lipinski definition) is 6. The number of aromatic nitrogens is 1. The zero-order valence-corrected chi connectivity index (χ0v) is 18.7. The fourth-order valence-electron chi connectivity index (χ4n) is 4.02. The molecule has 1 unspecified atom stereocenters. The van der Waals surface area contributed by atoms with Crippen LogP contribution in [0.2, 0.25) is 0 Å². The Bertz CT molecular complexity index is 1200. The van der Waals surface area contributed by atoms with E-state index in [1.165, 1.54) is 17.7 Å². The number of pyridine rings is 1. The van der Waals surface area contributed by atoms with Gasteiger partial charge < -0.3 is 16.4 Å². The molecule has 1 fully saturated rings. The summed E-state index contributed by atoms with van der Waals surface area (Å²) in [6.07, 6.45) is 2.78. The van der Waals surface area contributed by atoms with Gasteiger partial charge in [-0.3, -0.25) is 4.90 Å². The van der Waals surface area contributed by atoms with Gasteiger partial charge in [-0.25, -0.2) is 13.8 Å². The lowest BCUT2D eigenvalue weighted by atomic mass is 10.0. The van der Waals surface area contributed by atoms with Crippen LogP contribution in [0.4, 0.5) is 20.3 Å². The Kier molecular flexibility index (Phi) is 7.19. The van der Waals surface area contributed by atoms with Crippen molar-refractivity contribution in [1.29, 1.82) is 5.53 Å². The topological polar surface area (TPSA) is 115 Å². The highest BCUT2D eigenvalue weighted by atomic mass is 19.2. The zero-order valence-electron chi connectivity index (χ0n) is 18.7. The molecule has 1 aliphatic heterocycles. The predicted octanol–water partition coefficient (Wildman–Crippen LogP) is 4.21. The maximum Gasteiger partial charge on any atom is 0.182 e. The Morgan fingerprint density at radius 3 is 2.71 bits per heavy atom. The Labute approximate surface area is 196 Å². The Balaban J connectivity index is 1.56. The van der Waals surface area contributed by atoms with Gasteiger partial charge in [0, 0.05) is 37.4 Å². The van der Waals surface area contributed by atoms with Crippen LogP contribution in [0, 0.1) is 17.2 Å². The molecule has 0 radical (unpaired) electrons. The number of nitrogen functional groups attached to an aromatic ring is 1. The average Bonchev–Trinajstić information content (AvgIpc) is 3.30. The van der Waals surface area contributed by atoms with Crippen molar-refractivity contribution < 1.29 is 8.78 Å². The predicted molar refractivity (Wildman–Crippen MR) is 128 cm³/mol. The van der Waals surface area contributed by atoms with Crippen molar-refractivity contribution in [2.75, 3.05) is 31.2 Å². The minimum Gasteiger partial charge on any atom is -0.383 e. The normalized spacial score (nSPS) is 16.6. The standard InChI is InChI=1S/C24H26F2N8/c1-29-18-9-10-34(14-18)13-15-5-7-16(8-6-15)17-11-19(23(27)30-12-17)24(32-33-28)31-21-4-2-3-20(25)22(21)26/h2-8,11-12,18,29H,9-10,13-14H2,1H3,(H2,27,30)(H2,28,31,32). The van der Waals surface area contributed by atoms with Gasteiger partial charge in [-0.15, -0.1) is 5.10 Å². The SMILES string of the molecule is CNC1CCN(Cc2ccc(-c3cnc(N)c(/C(=N/N=N)Nc4cccc(F)c4F)c3)cc2)C1. The number of benzene rings is 2. The van der Waals surface area contributed by atoms with E-state index in [4.69, 9.17) is 11.3 Å². The Morgan fingerprint density at radius 2 is 2.00 bits per heavy atom. The maximum atomic E-state index is 14.2. The zero-order chi connectivity index (χ0) is 24.1. The molecule has 1 aromatic heterocycles. The van der Waals surface area contributed by atoms with Crippen LogP contribution in [0.25, 0.3) is 11.1 Å². The smallest absolute Gasteiger partial charge is 0.182 e. The molecule has 34 heavy (non-hydrogen) atoms. The molecule has 1 aliphatic rings. The average molecular weight is 465 g/mol. The number of anilines is 2. The molecule has 5 N–H and O–H groups in total. The molecule has 3 aromatic rings. The molecule has 0 aliphatic carbocycles. The van der Waals surface area contributed by atoms with Gasteiger partial charge in [0.15, 0.2) is 17.5 Å². The van der Waals surface area contributed by atoms with Crippen molar-refractivity contribution in [3.05, 3.63) is 77.5 Å². The van der Waals surface area contributed by atoms with Crippen molar-refractivity contribution in [3.63, 3.8) is 0 Å². The van der Waals surface area contributed by atoms with E-state index in [1.807, 2.05) is 19.2 Å². The minimum atomic E-state index is -1.07. The molecule has 2 aromatic carbocycles. The van der Waals surface area contributed by atoms with Crippen LogP contribution in [0.15, 0.2) is 65.1 Å². The van der Waals surface area contributed by atoms with E-state index in [1.54, 1.807) is 12.3 Å². The van der Waals surface area contributed by atoms with Gasteiger partial charge in [0.05, 0.1) is 11.3 Å². The van der Waals surface area contributed by atoms with Crippen molar-refractivity contribution in [2.45, 2.75) is 19.0 Å². The Morgan fingerprint density at radius 1 is 1.21 bits per heavy atom. The number of nitrogens with one attached hydrogen (secondary N) is 3. The minimum absolute atomic E-state index is 0.0175. The molecule has 0 amide bonds. The molecule has 10 heteroatoms. The van der Waals surface area contributed by atoms with E-state index in [0.29, 0.717) is 11.6 Å². The van der Waals surface area contributed by atoms with Crippen molar-refractivity contribution >= 4 is 17.3 Å². The summed E-state index contributed by atoms with van der Waals surface area (Å²) < 4.78 is 27.8. The summed E-state index contributed by atoms with van der Waals surface area (Å²) in [6.45, 7) is 2.99. The first-order valence-electron chi connectivity index (χ1n) is 10.9. The molecule has 2 heterocycles. The van der Waals surface area contributed by atoms with Crippen molar-refractivity contribution in [2.24, 2.45) is 10.3 Å². The highest BCUT2D eigenvalue weighted by Gasteiger charge is 2.21. The van der Waals surface area contributed by atoms with Crippen LogP contribution in [0.1, 0.15) is 17.5 Å². The van der Waals surface area contributed by atoms with Crippen LogP contribution in [-0.2, 0) is 6.54 Å². The van der Waals surface area contributed by atoms with E-state index in [9.17, 15) is 8.78 Å². The first-order chi connectivity index (χ1) is 16.5. The quantitative estimate of drug-likeness (QED) is 0.181. The summed E-state index contributed by atoms with van der Waals surface area (Å²) in [5.74, 6) is -1.99. The first-order valence-corrected chi connectivity index (χ1v) is 10.9. The van der Waals surface area contributed by atoms with Crippen LogP contribution in [-0.4, -0.2) is 41.9 Å². The fourth-order valence-corrected chi connectivity index (χ4v) is 4.02. The third-order valence-corrected chi connectivity index (χ3v) is 5.90. The third kappa shape index (κ3) is 5.24. The molecule has 8 nitrogen and oxygen atoms in total. The van der Waals surface area contributed by atoms with Gasteiger partial charge >= 0.3 is 0 Å². The summed E-state index contributed by atoms with van der Waals surface area (Å²) in [4.78, 5) is 6.65. The van der Waals surface area contributed by atoms with E-state index in [2.05, 4.69) is 43.0 Å². The number of rotatable bonds is 7. The van der Waals surface area contributed by atoms with Gasteiger partial charge in [0.2, 0.25) is 0 Å². The maximum absolute atomic E-state index is 14.2. The van der Waals surface area contributed by atoms with Gasteiger partial charge in [-0.05, 0) is 42.8 Å². The third-order valence-electron chi connectivity index (χ3n) is 5.90. The molecule has 1 saturated heterocycles. The van der Waals surface area contributed by atoms with E-state index >= 15 is 0 Å². The fraction of sp³-hybridized carbons (Fsp3) is 0.250. The van der Waals surface area contributed by atoms with Crippen LogP contribution in [0.5, 0.6) is 0 Å². The van der Waals surface area contributed by atoms with Crippen molar-refractivity contribution in [1.82, 2.24) is 15.2 Å². The molecule has 1 atom stereocenters. The molecule has 0 spiro atoms. The second-order valence-corrected chi connectivity index (χ2v) is 8.14. The monoisotopic (exact) mass is 464 g/mol. The summed E-state index contributed by atoms with van der Waals surface area (Å²) >= 11 is 0. The summed E-state index contributed by atoms with van der Waals surface area (Å²) in [5, 5.41) is 12.8.